The number of hydrogen-bond acceptors (Lipinski definition) is 4. The van der Waals surface area contributed by atoms with E-state index in [1.54, 1.807) is 23.0 Å². The summed E-state index contributed by atoms with van der Waals surface area (Å²) in [5.41, 5.74) is 1.04. The number of benzene rings is 1. The number of carboxylic acid groups (broad SMARTS) is 1. The zero-order valence-corrected chi connectivity index (χ0v) is 11.1. The molecule has 106 valence electrons. The van der Waals surface area contributed by atoms with Crippen molar-refractivity contribution < 1.29 is 14.3 Å². The second kappa shape index (κ2) is 5.62. The quantitative estimate of drug-likeness (QED) is 0.776. The summed E-state index contributed by atoms with van der Waals surface area (Å²) in [5, 5.41) is 17.0. The molecule has 6 heteroatoms. The molecule has 0 unspecified atom stereocenters. The van der Waals surface area contributed by atoms with E-state index in [9.17, 15) is 4.79 Å². The Labute approximate surface area is 120 Å². The Morgan fingerprint density at radius 2 is 1.95 bits per heavy atom. The third-order valence-electron chi connectivity index (χ3n) is 3.06. The van der Waals surface area contributed by atoms with Crippen LogP contribution in [0.3, 0.4) is 0 Å². The molecule has 3 rings (SSSR count). The minimum Gasteiger partial charge on any atom is -0.481 e. The minimum atomic E-state index is -0.942. The molecule has 0 saturated carbocycles. The van der Waals surface area contributed by atoms with E-state index in [2.05, 4.69) is 10.2 Å². The SMILES string of the molecule is O=C(O)Cc1nnc(-c2ccco2)n1Cc1ccccc1. The molecule has 0 saturated heterocycles. The van der Waals surface area contributed by atoms with Crippen molar-refractivity contribution in [2.24, 2.45) is 0 Å². The molecule has 0 fully saturated rings. The Balaban J connectivity index is 2.01. The zero-order valence-electron chi connectivity index (χ0n) is 11.1. The van der Waals surface area contributed by atoms with Crippen LogP contribution in [0.15, 0.2) is 53.1 Å². The van der Waals surface area contributed by atoms with E-state index in [0.717, 1.165) is 5.56 Å². The van der Waals surface area contributed by atoms with Crippen molar-refractivity contribution in [2.75, 3.05) is 0 Å². The minimum absolute atomic E-state index is 0.180. The lowest BCUT2D eigenvalue weighted by Crippen LogP contribution is -2.11. The molecule has 0 radical (unpaired) electrons. The predicted molar refractivity (Wildman–Crippen MR) is 74.6 cm³/mol. The Morgan fingerprint density at radius 1 is 1.14 bits per heavy atom. The average Bonchev–Trinajstić information content (AvgIpc) is 3.10. The van der Waals surface area contributed by atoms with Crippen LogP contribution in [0.4, 0.5) is 0 Å². The molecule has 2 heterocycles. The molecule has 0 aliphatic heterocycles. The number of hydrogen-bond donors (Lipinski definition) is 1. The number of nitrogens with zero attached hydrogens (tertiary/aromatic N) is 3. The van der Waals surface area contributed by atoms with E-state index >= 15 is 0 Å². The van der Waals surface area contributed by atoms with Crippen LogP contribution in [-0.4, -0.2) is 25.8 Å². The van der Waals surface area contributed by atoms with Crippen molar-refractivity contribution in [1.82, 2.24) is 14.8 Å². The molecule has 6 nitrogen and oxygen atoms in total. The van der Waals surface area contributed by atoms with Gasteiger partial charge in [-0.2, -0.15) is 0 Å². The summed E-state index contributed by atoms with van der Waals surface area (Å²) < 4.78 is 7.11. The molecule has 1 N–H and O–H groups in total. The molecule has 0 bridgehead atoms. The molecular weight excluding hydrogens is 270 g/mol. The van der Waals surface area contributed by atoms with Gasteiger partial charge in [-0.3, -0.25) is 4.79 Å². The van der Waals surface area contributed by atoms with E-state index in [1.807, 2.05) is 30.3 Å². The predicted octanol–water partition coefficient (Wildman–Crippen LogP) is 2.21. The largest absolute Gasteiger partial charge is 0.481 e. The zero-order chi connectivity index (χ0) is 14.7. The molecule has 0 atom stereocenters. The van der Waals surface area contributed by atoms with Crippen LogP contribution in [-0.2, 0) is 17.8 Å². The van der Waals surface area contributed by atoms with Crippen LogP contribution in [0, 0.1) is 0 Å². The van der Waals surface area contributed by atoms with Crippen LogP contribution in [0.2, 0.25) is 0 Å². The molecule has 0 aliphatic rings. The third kappa shape index (κ3) is 2.84. The van der Waals surface area contributed by atoms with Gasteiger partial charge in [-0.1, -0.05) is 30.3 Å². The number of carboxylic acids is 1. The highest BCUT2D eigenvalue weighted by atomic mass is 16.4. The van der Waals surface area contributed by atoms with Gasteiger partial charge < -0.3 is 14.1 Å². The summed E-state index contributed by atoms with van der Waals surface area (Å²) >= 11 is 0. The third-order valence-corrected chi connectivity index (χ3v) is 3.06. The second-order valence-corrected chi connectivity index (χ2v) is 4.56. The summed E-state index contributed by atoms with van der Waals surface area (Å²) in [6.45, 7) is 0.493. The molecule has 0 spiro atoms. The summed E-state index contributed by atoms with van der Waals surface area (Å²) in [7, 11) is 0. The van der Waals surface area contributed by atoms with Gasteiger partial charge in [0.05, 0.1) is 12.8 Å². The number of carbonyl (C=O) groups is 1. The van der Waals surface area contributed by atoms with Gasteiger partial charge in [0.25, 0.3) is 0 Å². The summed E-state index contributed by atoms with van der Waals surface area (Å²) in [5.74, 6) is 0.552. The number of aliphatic carboxylic acids is 1. The van der Waals surface area contributed by atoms with Crippen molar-refractivity contribution in [3.05, 3.63) is 60.1 Å². The lowest BCUT2D eigenvalue weighted by Gasteiger charge is -2.08. The van der Waals surface area contributed by atoms with E-state index in [-0.39, 0.29) is 6.42 Å². The van der Waals surface area contributed by atoms with Gasteiger partial charge >= 0.3 is 5.97 Å². The Kier molecular flexibility index (Phi) is 3.51. The molecule has 21 heavy (non-hydrogen) atoms. The first kappa shape index (κ1) is 13.1. The van der Waals surface area contributed by atoms with Crippen LogP contribution < -0.4 is 0 Å². The fourth-order valence-electron chi connectivity index (χ4n) is 2.12. The van der Waals surface area contributed by atoms with Gasteiger partial charge in [-0.25, -0.2) is 0 Å². The van der Waals surface area contributed by atoms with Gasteiger partial charge in [-0.05, 0) is 17.7 Å². The second-order valence-electron chi connectivity index (χ2n) is 4.56. The Hall–Kier alpha value is -2.89. The van der Waals surface area contributed by atoms with E-state index in [1.165, 1.54) is 0 Å². The highest BCUT2D eigenvalue weighted by molar-refractivity contribution is 5.69. The van der Waals surface area contributed by atoms with Crippen molar-refractivity contribution in [1.29, 1.82) is 0 Å². The lowest BCUT2D eigenvalue weighted by molar-refractivity contribution is -0.136. The summed E-state index contributed by atoms with van der Waals surface area (Å²) in [6.07, 6.45) is 1.37. The fourth-order valence-corrected chi connectivity index (χ4v) is 2.12. The summed E-state index contributed by atoms with van der Waals surface area (Å²) in [4.78, 5) is 11.0. The van der Waals surface area contributed by atoms with Gasteiger partial charge in [-0.15, -0.1) is 10.2 Å². The van der Waals surface area contributed by atoms with Crippen LogP contribution in [0.1, 0.15) is 11.4 Å². The van der Waals surface area contributed by atoms with Gasteiger partial charge in [0.1, 0.15) is 12.2 Å². The van der Waals surface area contributed by atoms with Crippen molar-refractivity contribution in [2.45, 2.75) is 13.0 Å². The topological polar surface area (TPSA) is 81.2 Å². The monoisotopic (exact) mass is 283 g/mol. The molecule has 0 aliphatic carbocycles. The Bertz CT molecular complexity index is 733. The van der Waals surface area contributed by atoms with Gasteiger partial charge in [0, 0.05) is 0 Å². The molecule has 1 aromatic carbocycles. The molecule has 2 aromatic heterocycles. The first-order chi connectivity index (χ1) is 10.2. The smallest absolute Gasteiger partial charge is 0.311 e. The van der Waals surface area contributed by atoms with Crippen molar-refractivity contribution in [3.8, 4) is 11.6 Å². The Morgan fingerprint density at radius 3 is 2.62 bits per heavy atom. The van der Waals surface area contributed by atoms with E-state index in [0.29, 0.717) is 24.0 Å². The average molecular weight is 283 g/mol. The number of rotatable bonds is 5. The van der Waals surface area contributed by atoms with Crippen LogP contribution in [0.5, 0.6) is 0 Å². The highest BCUT2D eigenvalue weighted by Gasteiger charge is 2.17. The van der Waals surface area contributed by atoms with Crippen LogP contribution in [0.25, 0.3) is 11.6 Å². The summed E-state index contributed by atoms with van der Waals surface area (Å²) in [6, 6.07) is 13.3. The first-order valence-electron chi connectivity index (χ1n) is 6.45. The maximum Gasteiger partial charge on any atom is 0.311 e. The molecular formula is C15H13N3O3. The van der Waals surface area contributed by atoms with Gasteiger partial charge in [0.2, 0.25) is 0 Å². The number of furan rings is 1. The first-order valence-corrected chi connectivity index (χ1v) is 6.45. The van der Waals surface area contributed by atoms with Gasteiger partial charge in [0.15, 0.2) is 11.6 Å². The van der Waals surface area contributed by atoms with E-state index < -0.39 is 5.97 Å². The standard InChI is InChI=1S/C15H13N3O3/c19-14(20)9-13-16-17-15(12-7-4-8-21-12)18(13)10-11-5-2-1-3-6-11/h1-8H,9-10H2,(H,19,20). The lowest BCUT2D eigenvalue weighted by atomic mass is 10.2. The maximum absolute atomic E-state index is 11.0. The maximum atomic E-state index is 11.0. The van der Waals surface area contributed by atoms with Crippen molar-refractivity contribution >= 4 is 5.97 Å². The van der Waals surface area contributed by atoms with Crippen LogP contribution >= 0.6 is 0 Å². The normalized spacial score (nSPS) is 10.7. The highest BCUT2D eigenvalue weighted by Crippen LogP contribution is 2.20. The van der Waals surface area contributed by atoms with Crippen molar-refractivity contribution in [3.63, 3.8) is 0 Å². The van der Waals surface area contributed by atoms with E-state index in [4.69, 9.17) is 9.52 Å². The fraction of sp³-hybridized carbons (Fsp3) is 0.133. The molecule has 3 aromatic rings. The molecule has 0 amide bonds. The number of aromatic nitrogens is 3.